The Hall–Kier alpha value is -0.0300. The maximum atomic E-state index is 12.2. The Morgan fingerprint density at radius 1 is 1.20 bits per heavy atom. The highest BCUT2D eigenvalue weighted by atomic mass is 35.5. The van der Waals surface area contributed by atoms with E-state index >= 15 is 0 Å². The van der Waals surface area contributed by atoms with Crippen LogP contribution in [0.15, 0.2) is 0 Å². The van der Waals surface area contributed by atoms with Crippen molar-refractivity contribution in [1.82, 2.24) is 15.1 Å². The van der Waals surface area contributed by atoms with Crippen molar-refractivity contribution >= 4 is 30.7 Å². The molecule has 0 aromatic rings. The normalized spacial score (nSPS) is 25.4. The number of likely N-dealkylation sites (tertiary alicyclic amines) is 1. The molecule has 2 fully saturated rings. The summed E-state index contributed by atoms with van der Waals surface area (Å²) in [4.78, 5) is 16.4. The predicted octanol–water partition coefficient (Wildman–Crippen LogP) is 1.63. The van der Waals surface area contributed by atoms with Crippen molar-refractivity contribution in [3.8, 4) is 0 Å². The van der Waals surface area contributed by atoms with E-state index in [0.29, 0.717) is 12.5 Å². The molecule has 6 heteroatoms. The number of rotatable bonds is 4. The summed E-state index contributed by atoms with van der Waals surface area (Å²) in [6.07, 6.45) is 3.47. The van der Waals surface area contributed by atoms with Crippen LogP contribution in [-0.2, 0) is 4.79 Å². The molecule has 4 nitrogen and oxygen atoms in total. The zero-order chi connectivity index (χ0) is 13.0. The molecule has 0 aliphatic carbocycles. The lowest BCUT2D eigenvalue weighted by Crippen LogP contribution is -2.40. The van der Waals surface area contributed by atoms with Crippen LogP contribution in [0.1, 0.15) is 26.2 Å². The van der Waals surface area contributed by atoms with Crippen LogP contribution in [0.4, 0.5) is 0 Å². The lowest BCUT2D eigenvalue weighted by atomic mass is 9.92. The summed E-state index contributed by atoms with van der Waals surface area (Å²) in [7, 11) is 2.04. The Morgan fingerprint density at radius 3 is 2.25 bits per heavy atom. The van der Waals surface area contributed by atoms with Crippen LogP contribution in [0.2, 0.25) is 0 Å². The zero-order valence-corrected chi connectivity index (χ0v) is 14.3. The fourth-order valence-corrected chi connectivity index (χ4v) is 3.26. The third-order valence-electron chi connectivity index (χ3n) is 4.38. The Morgan fingerprint density at radius 2 is 1.75 bits per heavy atom. The van der Waals surface area contributed by atoms with E-state index in [1.165, 1.54) is 12.8 Å². The molecule has 0 radical (unpaired) electrons. The number of halogens is 2. The molecule has 1 N–H and O–H groups in total. The minimum atomic E-state index is 0. The van der Waals surface area contributed by atoms with Crippen molar-refractivity contribution in [2.45, 2.75) is 26.2 Å². The minimum Gasteiger partial charge on any atom is -0.342 e. The standard InChI is InChI=1S/C14H27N3O.2ClH/c1-3-6-16(2)11-14(18)17-7-4-12-9-15-10-13(12)5-8-17;;/h12-13,15H,3-11H2,1-2H3;2*1H/t12-,13+;;. The van der Waals surface area contributed by atoms with Gasteiger partial charge in [0.15, 0.2) is 0 Å². The summed E-state index contributed by atoms with van der Waals surface area (Å²) in [5, 5.41) is 3.47. The van der Waals surface area contributed by atoms with Gasteiger partial charge in [-0.1, -0.05) is 6.92 Å². The highest BCUT2D eigenvalue weighted by Crippen LogP contribution is 2.27. The molecule has 0 aromatic carbocycles. The van der Waals surface area contributed by atoms with E-state index in [9.17, 15) is 4.79 Å². The number of nitrogens with one attached hydrogen (secondary N) is 1. The van der Waals surface area contributed by atoms with Crippen molar-refractivity contribution in [2.24, 2.45) is 11.8 Å². The maximum absolute atomic E-state index is 12.2. The van der Waals surface area contributed by atoms with E-state index < -0.39 is 0 Å². The van der Waals surface area contributed by atoms with Crippen molar-refractivity contribution in [1.29, 1.82) is 0 Å². The van der Waals surface area contributed by atoms with E-state index in [-0.39, 0.29) is 24.8 Å². The summed E-state index contributed by atoms with van der Waals surface area (Å²) in [5.74, 6) is 1.92. The average Bonchev–Trinajstić information content (AvgIpc) is 2.68. The molecule has 2 heterocycles. The molecule has 1 amide bonds. The van der Waals surface area contributed by atoms with Crippen LogP contribution >= 0.6 is 24.8 Å². The summed E-state index contributed by atoms with van der Waals surface area (Å²) >= 11 is 0. The van der Waals surface area contributed by atoms with Gasteiger partial charge >= 0.3 is 0 Å². The molecule has 0 spiro atoms. The Labute approximate surface area is 135 Å². The predicted molar refractivity (Wildman–Crippen MR) is 87.9 cm³/mol. The zero-order valence-electron chi connectivity index (χ0n) is 12.6. The number of likely N-dealkylation sites (N-methyl/N-ethyl adjacent to an activating group) is 1. The number of amides is 1. The van der Waals surface area contributed by atoms with Crippen LogP contribution < -0.4 is 5.32 Å². The molecule has 20 heavy (non-hydrogen) atoms. The molecule has 2 atom stereocenters. The third kappa shape index (κ3) is 5.40. The van der Waals surface area contributed by atoms with Gasteiger partial charge < -0.3 is 10.2 Å². The van der Waals surface area contributed by atoms with Crippen LogP contribution in [-0.4, -0.2) is 62.0 Å². The molecular weight excluding hydrogens is 297 g/mol. The maximum Gasteiger partial charge on any atom is 0.236 e. The van der Waals surface area contributed by atoms with Gasteiger partial charge in [-0.3, -0.25) is 9.69 Å². The SMILES string of the molecule is CCCN(C)CC(=O)N1CC[C@@H]2CNC[C@@H]2CC1.Cl.Cl. The first-order valence-corrected chi connectivity index (χ1v) is 7.37. The monoisotopic (exact) mass is 325 g/mol. The van der Waals surface area contributed by atoms with Gasteiger partial charge in [-0.2, -0.15) is 0 Å². The fourth-order valence-electron chi connectivity index (χ4n) is 3.26. The highest BCUT2D eigenvalue weighted by Gasteiger charge is 2.31. The topological polar surface area (TPSA) is 35.6 Å². The molecule has 120 valence electrons. The summed E-state index contributed by atoms with van der Waals surface area (Å²) in [6.45, 7) is 7.98. The van der Waals surface area contributed by atoms with Gasteiger partial charge in [0.1, 0.15) is 0 Å². The van der Waals surface area contributed by atoms with E-state index in [1.54, 1.807) is 0 Å². The lowest BCUT2D eigenvalue weighted by Gasteiger charge is -2.24. The van der Waals surface area contributed by atoms with Crippen LogP contribution in [0.5, 0.6) is 0 Å². The number of nitrogens with zero attached hydrogens (tertiary/aromatic N) is 2. The Bertz CT molecular complexity index is 278. The van der Waals surface area contributed by atoms with Crippen LogP contribution in [0.3, 0.4) is 0 Å². The van der Waals surface area contributed by atoms with E-state index in [1.807, 2.05) is 7.05 Å². The number of carbonyl (C=O) groups is 1. The second kappa shape index (κ2) is 9.82. The summed E-state index contributed by atoms with van der Waals surface area (Å²) < 4.78 is 0. The molecule has 0 bridgehead atoms. The molecule has 2 aliphatic heterocycles. The lowest BCUT2D eigenvalue weighted by molar-refractivity contribution is -0.132. The minimum absolute atomic E-state index is 0. The summed E-state index contributed by atoms with van der Waals surface area (Å²) in [6, 6.07) is 0. The van der Waals surface area contributed by atoms with E-state index in [2.05, 4.69) is 22.0 Å². The smallest absolute Gasteiger partial charge is 0.236 e. The molecule has 2 saturated heterocycles. The Kier molecular flexibility index (Phi) is 9.81. The number of hydrogen-bond acceptors (Lipinski definition) is 3. The van der Waals surface area contributed by atoms with Gasteiger partial charge in [0.2, 0.25) is 5.91 Å². The van der Waals surface area contributed by atoms with Crippen molar-refractivity contribution < 1.29 is 4.79 Å². The van der Waals surface area contributed by atoms with Gasteiger partial charge in [0, 0.05) is 13.1 Å². The first kappa shape index (κ1) is 20.0. The van der Waals surface area contributed by atoms with E-state index in [4.69, 9.17) is 0 Å². The van der Waals surface area contributed by atoms with Crippen LogP contribution in [0, 0.1) is 11.8 Å². The first-order valence-electron chi connectivity index (χ1n) is 7.37. The molecular formula is C14H29Cl2N3O. The van der Waals surface area contributed by atoms with Crippen LogP contribution in [0.25, 0.3) is 0 Å². The van der Waals surface area contributed by atoms with Gasteiger partial charge in [0.25, 0.3) is 0 Å². The van der Waals surface area contributed by atoms with Crippen molar-refractivity contribution in [3.63, 3.8) is 0 Å². The molecule has 0 saturated carbocycles. The fraction of sp³-hybridized carbons (Fsp3) is 0.929. The molecule has 0 unspecified atom stereocenters. The number of fused-ring (bicyclic) bond motifs is 1. The Balaban J connectivity index is 0.00000180. The highest BCUT2D eigenvalue weighted by molar-refractivity contribution is 5.85. The number of carbonyl (C=O) groups excluding carboxylic acids is 1. The van der Waals surface area contributed by atoms with Gasteiger partial charge in [0.05, 0.1) is 6.54 Å². The second-order valence-corrected chi connectivity index (χ2v) is 5.87. The van der Waals surface area contributed by atoms with Crippen molar-refractivity contribution in [2.75, 3.05) is 46.3 Å². The van der Waals surface area contributed by atoms with Gasteiger partial charge in [-0.15, -0.1) is 24.8 Å². The summed E-state index contributed by atoms with van der Waals surface area (Å²) in [5.41, 5.74) is 0. The van der Waals surface area contributed by atoms with Gasteiger partial charge in [-0.25, -0.2) is 0 Å². The molecule has 2 rings (SSSR count). The van der Waals surface area contributed by atoms with Crippen molar-refractivity contribution in [3.05, 3.63) is 0 Å². The largest absolute Gasteiger partial charge is 0.342 e. The average molecular weight is 326 g/mol. The first-order chi connectivity index (χ1) is 8.70. The number of hydrogen-bond donors (Lipinski definition) is 1. The van der Waals surface area contributed by atoms with E-state index in [0.717, 1.165) is 51.0 Å². The molecule has 2 aliphatic rings. The second-order valence-electron chi connectivity index (χ2n) is 5.87. The molecule has 0 aromatic heterocycles. The quantitative estimate of drug-likeness (QED) is 0.853. The van der Waals surface area contributed by atoms with Gasteiger partial charge in [-0.05, 0) is 57.8 Å². The third-order valence-corrected chi connectivity index (χ3v) is 4.38.